The Labute approximate surface area is 120 Å². The van der Waals surface area contributed by atoms with E-state index in [-0.39, 0.29) is 29.1 Å². The molecule has 1 saturated carbocycles. The third-order valence-corrected chi connectivity index (χ3v) is 3.70. The third kappa shape index (κ3) is 2.72. The maximum absolute atomic E-state index is 13.6. The quantitative estimate of drug-likeness (QED) is 0.851. The Bertz CT molecular complexity index is 688. The molecule has 2 unspecified atom stereocenters. The number of anilines is 2. The molecule has 0 aromatic heterocycles. The van der Waals surface area contributed by atoms with Crippen LogP contribution in [0.3, 0.4) is 0 Å². The van der Waals surface area contributed by atoms with Crippen molar-refractivity contribution in [1.29, 1.82) is 0 Å². The molecule has 5 heteroatoms. The minimum atomic E-state index is -0.834. The number of hydrogen-bond acceptors (Lipinski definition) is 2. The standard InChI is InChI=1S/C16H14F2N2O/c17-12-7-13(18)15(8-14(12)19)20-16(21)11-6-10(11)9-4-2-1-3-5-9/h1-5,7-8,10-11H,6,19H2,(H,20,21). The van der Waals surface area contributed by atoms with Gasteiger partial charge in [-0.05, 0) is 24.0 Å². The highest BCUT2D eigenvalue weighted by molar-refractivity contribution is 5.95. The molecule has 0 radical (unpaired) electrons. The van der Waals surface area contributed by atoms with Crippen LogP contribution in [0.5, 0.6) is 0 Å². The number of hydrogen-bond donors (Lipinski definition) is 2. The number of rotatable bonds is 3. The summed E-state index contributed by atoms with van der Waals surface area (Å²) in [4.78, 5) is 12.1. The lowest BCUT2D eigenvalue weighted by Crippen LogP contribution is -2.16. The number of nitrogens with one attached hydrogen (secondary N) is 1. The van der Waals surface area contributed by atoms with Crippen LogP contribution in [-0.4, -0.2) is 5.91 Å². The van der Waals surface area contributed by atoms with Gasteiger partial charge in [-0.25, -0.2) is 8.78 Å². The van der Waals surface area contributed by atoms with Crippen molar-refractivity contribution < 1.29 is 13.6 Å². The molecule has 0 spiro atoms. The molecule has 1 aliphatic carbocycles. The van der Waals surface area contributed by atoms with Gasteiger partial charge in [-0.15, -0.1) is 0 Å². The van der Waals surface area contributed by atoms with E-state index < -0.39 is 11.6 Å². The number of nitrogens with two attached hydrogens (primary N) is 1. The smallest absolute Gasteiger partial charge is 0.228 e. The lowest BCUT2D eigenvalue weighted by molar-refractivity contribution is -0.117. The Morgan fingerprint density at radius 1 is 1.14 bits per heavy atom. The van der Waals surface area contributed by atoms with E-state index >= 15 is 0 Å². The molecule has 2 atom stereocenters. The van der Waals surface area contributed by atoms with Crippen LogP contribution in [0.1, 0.15) is 17.9 Å². The van der Waals surface area contributed by atoms with Gasteiger partial charge in [0.1, 0.15) is 11.6 Å². The van der Waals surface area contributed by atoms with E-state index in [1.54, 1.807) is 0 Å². The number of amides is 1. The van der Waals surface area contributed by atoms with Gasteiger partial charge in [0.05, 0.1) is 11.4 Å². The second kappa shape index (κ2) is 5.16. The van der Waals surface area contributed by atoms with Crippen LogP contribution in [0, 0.1) is 17.6 Å². The average molecular weight is 288 g/mol. The van der Waals surface area contributed by atoms with Gasteiger partial charge in [0, 0.05) is 12.0 Å². The molecule has 0 saturated heterocycles. The fourth-order valence-corrected chi connectivity index (χ4v) is 2.44. The van der Waals surface area contributed by atoms with Crippen molar-refractivity contribution >= 4 is 17.3 Å². The molecule has 108 valence electrons. The van der Waals surface area contributed by atoms with Gasteiger partial charge in [0.25, 0.3) is 0 Å². The lowest BCUT2D eigenvalue weighted by Gasteiger charge is -2.08. The molecule has 2 aromatic carbocycles. The second-order valence-electron chi connectivity index (χ2n) is 5.20. The highest BCUT2D eigenvalue weighted by Crippen LogP contribution is 2.48. The van der Waals surface area contributed by atoms with Crippen molar-refractivity contribution in [3.63, 3.8) is 0 Å². The van der Waals surface area contributed by atoms with Crippen LogP contribution in [-0.2, 0) is 4.79 Å². The van der Waals surface area contributed by atoms with Crippen molar-refractivity contribution in [3.05, 3.63) is 59.7 Å². The summed E-state index contributed by atoms with van der Waals surface area (Å²) in [7, 11) is 0. The van der Waals surface area contributed by atoms with Crippen molar-refractivity contribution in [3.8, 4) is 0 Å². The van der Waals surface area contributed by atoms with Crippen LogP contribution >= 0.6 is 0 Å². The number of halogens is 2. The summed E-state index contributed by atoms with van der Waals surface area (Å²) in [5.41, 5.74) is 6.20. The molecule has 21 heavy (non-hydrogen) atoms. The zero-order valence-electron chi connectivity index (χ0n) is 11.1. The molecular formula is C16H14F2N2O. The molecule has 3 rings (SSSR count). The molecule has 0 bridgehead atoms. The Morgan fingerprint density at radius 3 is 2.57 bits per heavy atom. The third-order valence-electron chi connectivity index (χ3n) is 3.70. The molecule has 1 fully saturated rings. The predicted molar refractivity (Wildman–Crippen MR) is 76.7 cm³/mol. The zero-order chi connectivity index (χ0) is 15.0. The maximum Gasteiger partial charge on any atom is 0.228 e. The van der Waals surface area contributed by atoms with Crippen LogP contribution < -0.4 is 11.1 Å². The zero-order valence-corrected chi connectivity index (χ0v) is 11.1. The molecule has 3 nitrogen and oxygen atoms in total. The van der Waals surface area contributed by atoms with Gasteiger partial charge in [0.2, 0.25) is 5.91 Å². The summed E-state index contributed by atoms with van der Waals surface area (Å²) < 4.78 is 26.7. The average Bonchev–Trinajstić information content (AvgIpc) is 3.26. The lowest BCUT2D eigenvalue weighted by atomic mass is 10.1. The molecule has 0 heterocycles. The minimum absolute atomic E-state index is 0.0855. The van der Waals surface area contributed by atoms with Gasteiger partial charge in [-0.1, -0.05) is 30.3 Å². The van der Waals surface area contributed by atoms with Gasteiger partial charge >= 0.3 is 0 Å². The van der Waals surface area contributed by atoms with Gasteiger partial charge in [0.15, 0.2) is 0 Å². The predicted octanol–water partition coefficient (Wildman–Crippen LogP) is 3.29. The first-order chi connectivity index (χ1) is 10.1. The topological polar surface area (TPSA) is 55.1 Å². The fourth-order valence-electron chi connectivity index (χ4n) is 2.44. The van der Waals surface area contributed by atoms with Crippen molar-refractivity contribution in [2.75, 3.05) is 11.1 Å². The van der Waals surface area contributed by atoms with Crippen LogP contribution in [0.2, 0.25) is 0 Å². The molecule has 0 aliphatic heterocycles. The van der Waals surface area contributed by atoms with Gasteiger partial charge in [-0.2, -0.15) is 0 Å². The molecule has 1 aliphatic rings. The summed E-state index contributed by atoms with van der Waals surface area (Å²) in [6.45, 7) is 0. The van der Waals surface area contributed by atoms with E-state index in [4.69, 9.17) is 5.73 Å². The Morgan fingerprint density at radius 2 is 1.86 bits per heavy atom. The molecule has 2 aromatic rings. The highest BCUT2D eigenvalue weighted by Gasteiger charge is 2.43. The summed E-state index contributed by atoms with van der Waals surface area (Å²) in [5, 5.41) is 2.48. The monoisotopic (exact) mass is 288 g/mol. The second-order valence-corrected chi connectivity index (χ2v) is 5.20. The number of carbonyl (C=O) groups is 1. The first kappa shape index (κ1) is 13.5. The summed E-state index contributed by atoms with van der Waals surface area (Å²) >= 11 is 0. The number of nitrogen functional groups attached to an aromatic ring is 1. The van der Waals surface area contributed by atoms with Crippen molar-refractivity contribution in [2.45, 2.75) is 12.3 Å². The van der Waals surface area contributed by atoms with E-state index in [9.17, 15) is 13.6 Å². The SMILES string of the molecule is Nc1cc(NC(=O)C2CC2c2ccccc2)c(F)cc1F. The maximum atomic E-state index is 13.6. The van der Waals surface area contributed by atoms with Crippen molar-refractivity contribution in [1.82, 2.24) is 0 Å². The van der Waals surface area contributed by atoms with E-state index in [0.29, 0.717) is 6.07 Å². The Balaban J connectivity index is 1.70. The van der Waals surface area contributed by atoms with Crippen LogP contribution in [0.15, 0.2) is 42.5 Å². The summed E-state index contributed by atoms with van der Waals surface area (Å²) in [5.74, 6) is -1.95. The highest BCUT2D eigenvalue weighted by atomic mass is 19.1. The molecule has 3 N–H and O–H groups in total. The van der Waals surface area contributed by atoms with Gasteiger partial charge in [-0.3, -0.25) is 4.79 Å². The normalized spacial score (nSPS) is 20.1. The van der Waals surface area contributed by atoms with E-state index in [1.165, 1.54) is 0 Å². The van der Waals surface area contributed by atoms with Crippen molar-refractivity contribution in [2.24, 2.45) is 5.92 Å². The van der Waals surface area contributed by atoms with E-state index in [0.717, 1.165) is 18.1 Å². The largest absolute Gasteiger partial charge is 0.396 e. The first-order valence-corrected chi connectivity index (χ1v) is 6.66. The van der Waals surface area contributed by atoms with Gasteiger partial charge < -0.3 is 11.1 Å². The van der Waals surface area contributed by atoms with Crippen LogP contribution in [0.4, 0.5) is 20.2 Å². The van der Waals surface area contributed by atoms with Crippen LogP contribution in [0.25, 0.3) is 0 Å². The fraction of sp³-hybridized carbons (Fsp3) is 0.188. The summed E-state index contributed by atoms with van der Waals surface area (Å²) in [6, 6.07) is 11.5. The number of carbonyl (C=O) groups excluding carboxylic acids is 1. The summed E-state index contributed by atoms with van der Waals surface area (Å²) in [6.07, 6.45) is 0.730. The van der Waals surface area contributed by atoms with E-state index in [1.807, 2.05) is 30.3 Å². The molecular weight excluding hydrogens is 274 g/mol. The molecule has 1 amide bonds. The Hall–Kier alpha value is -2.43. The van der Waals surface area contributed by atoms with E-state index in [2.05, 4.69) is 5.32 Å². The minimum Gasteiger partial charge on any atom is -0.396 e. The first-order valence-electron chi connectivity index (χ1n) is 6.66. The number of benzene rings is 2. The Kier molecular flexibility index (Phi) is 3.33.